The van der Waals surface area contributed by atoms with Crippen LogP contribution < -0.4 is 11.1 Å². The van der Waals surface area contributed by atoms with Crippen LogP contribution in [0.2, 0.25) is 0 Å². The minimum Gasteiger partial charge on any atom is -0.381 e. The van der Waals surface area contributed by atoms with Crippen LogP contribution in [0.1, 0.15) is 10.4 Å². The van der Waals surface area contributed by atoms with E-state index in [9.17, 15) is 9.18 Å². The number of carbonyl (C=O) groups is 1. The summed E-state index contributed by atoms with van der Waals surface area (Å²) in [5.74, 6) is -1.11. The molecule has 3 N–H and O–H groups in total. The highest BCUT2D eigenvalue weighted by atomic mass is 19.1. The fourth-order valence-corrected chi connectivity index (χ4v) is 2.70. The molecule has 0 atom stereocenters. The molecule has 0 saturated carbocycles. The molecule has 7 nitrogen and oxygen atoms in total. The SMILES string of the molecule is Nc1nn2cc(F)cnc2c1C(=O)Nc1cnccc1-c1ccccc1. The van der Waals surface area contributed by atoms with Crippen molar-refractivity contribution >= 4 is 23.1 Å². The van der Waals surface area contributed by atoms with E-state index in [0.29, 0.717) is 5.69 Å². The second-order valence-corrected chi connectivity index (χ2v) is 5.54. The number of amides is 1. The molecule has 0 saturated heterocycles. The number of nitrogens with one attached hydrogen (secondary N) is 1. The first-order chi connectivity index (χ1) is 12.6. The zero-order valence-electron chi connectivity index (χ0n) is 13.4. The predicted octanol–water partition coefficient (Wildman–Crippen LogP) is 2.76. The number of pyridine rings is 1. The van der Waals surface area contributed by atoms with E-state index in [1.807, 2.05) is 30.3 Å². The summed E-state index contributed by atoms with van der Waals surface area (Å²) in [7, 11) is 0. The van der Waals surface area contributed by atoms with Crippen LogP contribution in [0.25, 0.3) is 16.8 Å². The zero-order valence-corrected chi connectivity index (χ0v) is 13.4. The molecule has 0 aliphatic rings. The summed E-state index contributed by atoms with van der Waals surface area (Å²) in [5.41, 5.74) is 8.34. The van der Waals surface area contributed by atoms with Crippen LogP contribution in [0, 0.1) is 5.82 Å². The fraction of sp³-hybridized carbons (Fsp3) is 0. The van der Waals surface area contributed by atoms with Gasteiger partial charge in [-0.15, -0.1) is 5.10 Å². The molecule has 26 heavy (non-hydrogen) atoms. The van der Waals surface area contributed by atoms with Gasteiger partial charge in [0.2, 0.25) is 0 Å². The zero-order chi connectivity index (χ0) is 18.1. The molecule has 0 aliphatic carbocycles. The number of carbonyl (C=O) groups excluding carboxylic acids is 1. The van der Waals surface area contributed by atoms with E-state index in [1.54, 1.807) is 18.5 Å². The van der Waals surface area contributed by atoms with Crippen LogP contribution >= 0.6 is 0 Å². The molecule has 0 spiro atoms. The summed E-state index contributed by atoms with van der Waals surface area (Å²) < 4.78 is 14.4. The number of hydrogen-bond donors (Lipinski definition) is 2. The average Bonchev–Trinajstić information content (AvgIpc) is 2.97. The van der Waals surface area contributed by atoms with Crippen molar-refractivity contribution in [2.24, 2.45) is 0 Å². The number of anilines is 2. The highest BCUT2D eigenvalue weighted by Crippen LogP contribution is 2.28. The molecule has 0 unspecified atom stereocenters. The minimum atomic E-state index is -0.578. The van der Waals surface area contributed by atoms with E-state index in [1.165, 1.54) is 0 Å². The molecular weight excluding hydrogens is 335 g/mol. The molecule has 4 rings (SSSR count). The molecular formula is C18H13FN6O. The highest BCUT2D eigenvalue weighted by Gasteiger charge is 2.20. The van der Waals surface area contributed by atoms with Gasteiger partial charge in [-0.25, -0.2) is 13.9 Å². The minimum absolute atomic E-state index is 0.0363. The smallest absolute Gasteiger partial charge is 0.263 e. The molecule has 0 aliphatic heterocycles. The Kier molecular flexibility index (Phi) is 3.77. The standard InChI is InChI=1S/C18H13FN6O/c19-12-8-22-17-15(16(20)24-25(17)10-12)18(26)23-14-9-21-7-6-13(14)11-4-2-1-3-5-11/h1-10H,(H2,20,24)(H,23,26). The van der Waals surface area contributed by atoms with Crippen molar-refractivity contribution < 1.29 is 9.18 Å². The van der Waals surface area contributed by atoms with Gasteiger partial charge >= 0.3 is 0 Å². The van der Waals surface area contributed by atoms with Gasteiger partial charge in [-0.2, -0.15) is 0 Å². The van der Waals surface area contributed by atoms with Crippen molar-refractivity contribution in [3.05, 3.63) is 72.6 Å². The summed E-state index contributed by atoms with van der Waals surface area (Å²) in [6.45, 7) is 0. The van der Waals surface area contributed by atoms with E-state index >= 15 is 0 Å². The van der Waals surface area contributed by atoms with Crippen LogP contribution in [0.4, 0.5) is 15.9 Å². The largest absolute Gasteiger partial charge is 0.381 e. The third-order valence-corrected chi connectivity index (χ3v) is 3.85. The number of nitrogens with two attached hydrogens (primary N) is 1. The summed E-state index contributed by atoms with van der Waals surface area (Å²) in [6.07, 6.45) is 5.31. The second kappa shape index (κ2) is 6.25. The molecule has 0 bridgehead atoms. The monoisotopic (exact) mass is 348 g/mol. The number of hydrogen-bond acceptors (Lipinski definition) is 5. The van der Waals surface area contributed by atoms with E-state index in [0.717, 1.165) is 28.0 Å². The Labute approximate surface area is 147 Å². The molecule has 128 valence electrons. The Bertz CT molecular complexity index is 1110. The van der Waals surface area contributed by atoms with E-state index in [-0.39, 0.29) is 17.0 Å². The molecule has 3 aromatic heterocycles. The molecule has 1 amide bonds. The van der Waals surface area contributed by atoms with Crippen LogP contribution in [-0.4, -0.2) is 25.5 Å². The van der Waals surface area contributed by atoms with E-state index in [2.05, 4.69) is 20.4 Å². The first-order valence-corrected chi connectivity index (χ1v) is 7.73. The lowest BCUT2D eigenvalue weighted by atomic mass is 10.1. The lowest BCUT2D eigenvalue weighted by Gasteiger charge is -2.10. The number of benzene rings is 1. The summed E-state index contributed by atoms with van der Waals surface area (Å²) in [5, 5.41) is 6.72. The maximum atomic E-state index is 13.3. The maximum absolute atomic E-state index is 13.3. The lowest BCUT2D eigenvalue weighted by Crippen LogP contribution is -2.14. The third kappa shape index (κ3) is 2.73. The first kappa shape index (κ1) is 15.7. The van der Waals surface area contributed by atoms with Crippen molar-refractivity contribution in [1.82, 2.24) is 19.6 Å². The van der Waals surface area contributed by atoms with Gasteiger partial charge in [-0.1, -0.05) is 30.3 Å². The topological polar surface area (TPSA) is 98.2 Å². The Balaban J connectivity index is 1.74. The molecule has 4 aromatic rings. The van der Waals surface area contributed by atoms with Gasteiger partial charge in [-0.3, -0.25) is 9.78 Å². The van der Waals surface area contributed by atoms with Crippen LogP contribution in [0.3, 0.4) is 0 Å². The van der Waals surface area contributed by atoms with Crippen molar-refractivity contribution in [2.75, 3.05) is 11.1 Å². The van der Waals surface area contributed by atoms with Gasteiger partial charge < -0.3 is 11.1 Å². The summed E-state index contributed by atoms with van der Waals surface area (Å²) in [6, 6.07) is 11.4. The van der Waals surface area contributed by atoms with Gasteiger partial charge in [0.1, 0.15) is 5.56 Å². The quantitative estimate of drug-likeness (QED) is 0.593. The van der Waals surface area contributed by atoms with Gasteiger partial charge in [0.25, 0.3) is 5.91 Å². The third-order valence-electron chi connectivity index (χ3n) is 3.85. The summed E-state index contributed by atoms with van der Waals surface area (Å²) >= 11 is 0. The Morgan fingerprint density at radius 1 is 1.15 bits per heavy atom. The van der Waals surface area contributed by atoms with Crippen molar-refractivity contribution in [1.29, 1.82) is 0 Å². The van der Waals surface area contributed by atoms with Crippen LogP contribution in [0.15, 0.2) is 61.2 Å². The van der Waals surface area contributed by atoms with Crippen molar-refractivity contribution in [3.8, 4) is 11.1 Å². The van der Waals surface area contributed by atoms with Gasteiger partial charge in [0, 0.05) is 11.8 Å². The molecule has 1 aromatic carbocycles. The van der Waals surface area contributed by atoms with Crippen LogP contribution in [0.5, 0.6) is 0 Å². The van der Waals surface area contributed by atoms with Crippen molar-refractivity contribution in [2.45, 2.75) is 0 Å². The van der Waals surface area contributed by atoms with E-state index in [4.69, 9.17) is 5.73 Å². The normalized spacial score (nSPS) is 10.8. The Morgan fingerprint density at radius 2 is 1.96 bits per heavy atom. The molecule has 0 radical (unpaired) electrons. The number of nitrogen functional groups attached to an aromatic ring is 1. The number of fused-ring (bicyclic) bond motifs is 1. The maximum Gasteiger partial charge on any atom is 0.263 e. The lowest BCUT2D eigenvalue weighted by molar-refractivity contribution is 0.102. The highest BCUT2D eigenvalue weighted by molar-refractivity contribution is 6.12. The summed E-state index contributed by atoms with van der Waals surface area (Å²) in [4.78, 5) is 20.8. The van der Waals surface area contributed by atoms with E-state index < -0.39 is 11.7 Å². The Hall–Kier alpha value is -3.81. The fourth-order valence-electron chi connectivity index (χ4n) is 2.70. The molecule has 0 fully saturated rings. The number of rotatable bonds is 3. The predicted molar refractivity (Wildman–Crippen MR) is 95.0 cm³/mol. The second-order valence-electron chi connectivity index (χ2n) is 5.54. The molecule has 3 heterocycles. The molecule has 8 heteroatoms. The van der Waals surface area contributed by atoms with Gasteiger partial charge in [0.15, 0.2) is 17.3 Å². The number of halogens is 1. The number of nitrogens with zero attached hydrogens (tertiary/aromatic N) is 4. The van der Waals surface area contributed by atoms with Gasteiger partial charge in [-0.05, 0) is 11.6 Å². The number of aromatic nitrogens is 4. The first-order valence-electron chi connectivity index (χ1n) is 7.73. The average molecular weight is 348 g/mol. The van der Waals surface area contributed by atoms with Crippen molar-refractivity contribution in [3.63, 3.8) is 0 Å². The Morgan fingerprint density at radius 3 is 2.77 bits per heavy atom. The van der Waals surface area contributed by atoms with Crippen LogP contribution in [-0.2, 0) is 0 Å². The van der Waals surface area contributed by atoms with Gasteiger partial charge in [0.05, 0.1) is 24.3 Å².